The molecule has 0 saturated heterocycles. The summed E-state index contributed by atoms with van der Waals surface area (Å²) in [7, 11) is 0. The maximum absolute atomic E-state index is 4.16. The van der Waals surface area contributed by atoms with Crippen LogP contribution in [0.2, 0.25) is 0 Å². The third-order valence-electron chi connectivity index (χ3n) is 1.46. The zero-order valence-electron chi connectivity index (χ0n) is 5.66. The van der Waals surface area contributed by atoms with Crippen LogP contribution in [-0.4, -0.2) is 9.97 Å². The van der Waals surface area contributed by atoms with Crippen LogP contribution in [0.5, 0.6) is 0 Å². The third-order valence-corrected chi connectivity index (χ3v) is 2.05. The second kappa shape index (κ2) is 2.73. The van der Waals surface area contributed by atoms with Crippen molar-refractivity contribution in [2.45, 2.75) is 0 Å². The summed E-state index contributed by atoms with van der Waals surface area (Å²) < 4.78 is 1.00. The monoisotopic (exact) mass is 256 g/mol. The number of nitrogens with zero attached hydrogens (tertiary/aromatic N) is 2. The summed E-state index contributed by atoms with van der Waals surface area (Å²) in [5, 5.41) is 1.15. The van der Waals surface area contributed by atoms with E-state index < -0.39 is 0 Å². The number of pyridine rings is 2. The number of hydrogen-bond donors (Lipinski definition) is 0. The van der Waals surface area contributed by atoms with Gasteiger partial charge in [-0.05, 0) is 34.7 Å². The van der Waals surface area contributed by atoms with Crippen molar-refractivity contribution in [3.8, 4) is 0 Å². The van der Waals surface area contributed by atoms with E-state index in [1.54, 1.807) is 12.4 Å². The Morgan fingerprint density at radius 1 is 1.27 bits per heavy atom. The maximum atomic E-state index is 4.16. The van der Waals surface area contributed by atoms with Crippen molar-refractivity contribution >= 4 is 33.5 Å². The number of halogens is 1. The van der Waals surface area contributed by atoms with Gasteiger partial charge >= 0.3 is 0 Å². The summed E-state index contributed by atoms with van der Waals surface area (Å²) in [6.45, 7) is 0. The minimum Gasteiger partial charge on any atom is -0.255 e. The van der Waals surface area contributed by atoms with Crippen LogP contribution >= 0.6 is 22.6 Å². The maximum Gasteiger partial charge on any atom is 0.102 e. The van der Waals surface area contributed by atoms with Crippen molar-refractivity contribution in [2.75, 3.05) is 0 Å². The molecule has 2 aromatic rings. The van der Waals surface area contributed by atoms with E-state index >= 15 is 0 Å². The molecule has 0 aliphatic carbocycles. The van der Waals surface area contributed by atoms with Gasteiger partial charge in [-0.2, -0.15) is 0 Å². The summed E-state index contributed by atoms with van der Waals surface area (Å²) in [6, 6.07) is 5.98. The van der Waals surface area contributed by atoms with E-state index in [2.05, 4.69) is 32.6 Å². The molecule has 0 spiro atoms. The Kier molecular flexibility index (Phi) is 1.73. The Balaban J connectivity index is 2.83. The van der Waals surface area contributed by atoms with Gasteiger partial charge in [-0.3, -0.25) is 4.98 Å². The quantitative estimate of drug-likeness (QED) is 0.533. The summed E-state index contributed by atoms with van der Waals surface area (Å²) >= 11 is 2.19. The van der Waals surface area contributed by atoms with E-state index in [9.17, 15) is 0 Å². The first kappa shape index (κ1) is 6.97. The lowest BCUT2D eigenvalue weighted by atomic mass is 10.3. The van der Waals surface area contributed by atoms with Crippen molar-refractivity contribution in [3.63, 3.8) is 0 Å². The molecule has 2 heterocycles. The smallest absolute Gasteiger partial charge is 0.102 e. The fraction of sp³-hybridized carbons (Fsp3) is 0. The second-order valence-corrected chi connectivity index (χ2v) is 3.31. The Labute approximate surface area is 77.8 Å². The Morgan fingerprint density at radius 3 is 3.09 bits per heavy atom. The number of fused-ring (bicyclic) bond motifs is 1. The SMILES string of the molecule is Ic1cc2cccnc2cn1. The standard InChI is InChI=1S/C8H5IN2/c9-8-4-6-2-1-3-10-7(6)5-11-8/h1-5H. The zero-order valence-corrected chi connectivity index (χ0v) is 7.82. The van der Waals surface area contributed by atoms with Crippen LogP contribution in [0.25, 0.3) is 10.9 Å². The van der Waals surface area contributed by atoms with E-state index in [0.717, 1.165) is 14.6 Å². The third kappa shape index (κ3) is 1.33. The normalized spacial score (nSPS) is 10.3. The molecule has 3 heteroatoms. The van der Waals surface area contributed by atoms with E-state index in [1.165, 1.54) is 0 Å². The average Bonchev–Trinajstić information content (AvgIpc) is 2.04. The molecule has 0 amide bonds. The van der Waals surface area contributed by atoms with Crippen LogP contribution in [0.1, 0.15) is 0 Å². The molecule has 0 radical (unpaired) electrons. The lowest BCUT2D eigenvalue weighted by Crippen LogP contribution is -1.82. The Hall–Kier alpha value is -0.710. The molecular weight excluding hydrogens is 251 g/mol. The van der Waals surface area contributed by atoms with E-state index in [4.69, 9.17) is 0 Å². The molecule has 0 saturated carbocycles. The van der Waals surface area contributed by atoms with Crippen LogP contribution in [0.4, 0.5) is 0 Å². The number of aromatic nitrogens is 2. The summed E-state index contributed by atoms with van der Waals surface area (Å²) in [5.74, 6) is 0. The fourth-order valence-corrected chi connectivity index (χ4v) is 1.42. The predicted octanol–water partition coefficient (Wildman–Crippen LogP) is 2.23. The van der Waals surface area contributed by atoms with Crippen molar-refractivity contribution in [1.82, 2.24) is 9.97 Å². The minimum absolute atomic E-state index is 0.952. The summed E-state index contributed by atoms with van der Waals surface area (Å²) in [4.78, 5) is 8.29. The molecule has 0 aliphatic rings. The van der Waals surface area contributed by atoms with Crippen LogP contribution in [0.3, 0.4) is 0 Å². The van der Waals surface area contributed by atoms with Gasteiger partial charge in [0.15, 0.2) is 0 Å². The first-order chi connectivity index (χ1) is 5.36. The molecule has 0 unspecified atom stereocenters. The molecule has 0 atom stereocenters. The second-order valence-electron chi connectivity index (χ2n) is 2.20. The molecular formula is C8H5IN2. The topological polar surface area (TPSA) is 25.8 Å². The molecule has 0 N–H and O–H groups in total. The minimum atomic E-state index is 0.952. The van der Waals surface area contributed by atoms with Crippen molar-refractivity contribution in [2.24, 2.45) is 0 Å². The molecule has 2 aromatic heterocycles. The van der Waals surface area contributed by atoms with Gasteiger partial charge in [-0.15, -0.1) is 0 Å². The molecule has 2 nitrogen and oxygen atoms in total. The van der Waals surface area contributed by atoms with Crippen molar-refractivity contribution < 1.29 is 0 Å². The van der Waals surface area contributed by atoms with Crippen LogP contribution < -0.4 is 0 Å². The summed E-state index contributed by atoms with van der Waals surface area (Å²) in [6.07, 6.45) is 3.56. The predicted molar refractivity (Wildman–Crippen MR) is 52.3 cm³/mol. The van der Waals surface area contributed by atoms with Gasteiger partial charge in [0.2, 0.25) is 0 Å². The van der Waals surface area contributed by atoms with Gasteiger partial charge in [0, 0.05) is 11.6 Å². The van der Waals surface area contributed by atoms with E-state index in [0.29, 0.717) is 0 Å². The highest BCUT2D eigenvalue weighted by molar-refractivity contribution is 14.1. The van der Waals surface area contributed by atoms with Crippen molar-refractivity contribution in [3.05, 3.63) is 34.3 Å². The first-order valence-corrected chi connectivity index (χ1v) is 4.30. The molecule has 0 bridgehead atoms. The van der Waals surface area contributed by atoms with Gasteiger partial charge in [0.25, 0.3) is 0 Å². The highest BCUT2D eigenvalue weighted by atomic mass is 127. The molecule has 0 fully saturated rings. The Bertz CT molecular complexity index is 387. The highest BCUT2D eigenvalue weighted by Gasteiger charge is 1.93. The molecule has 54 valence electrons. The zero-order chi connectivity index (χ0) is 7.68. The first-order valence-electron chi connectivity index (χ1n) is 3.22. The Morgan fingerprint density at radius 2 is 2.18 bits per heavy atom. The largest absolute Gasteiger partial charge is 0.255 e. The van der Waals surface area contributed by atoms with Crippen LogP contribution in [-0.2, 0) is 0 Å². The van der Waals surface area contributed by atoms with E-state index in [1.807, 2.05) is 18.2 Å². The number of rotatable bonds is 0. The highest BCUT2D eigenvalue weighted by Crippen LogP contribution is 2.11. The average molecular weight is 256 g/mol. The van der Waals surface area contributed by atoms with Crippen LogP contribution in [0.15, 0.2) is 30.6 Å². The summed E-state index contributed by atoms with van der Waals surface area (Å²) in [5.41, 5.74) is 0.952. The lowest BCUT2D eigenvalue weighted by molar-refractivity contribution is 1.27. The fourth-order valence-electron chi connectivity index (χ4n) is 0.948. The van der Waals surface area contributed by atoms with Gasteiger partial charge in [0.1, 0.15) is 3.70 Å². The van der Waals surface area contributed by atoms with Gasteiger partial charge in [-0.25, -0.2) is 4.98 Å². The van der Waals surface area contributed by atoms with E-state index in [-0.39, 0.29) is 0 Å². The molecule has 0 aromatic carbocycles. The van der Waals surface area contributed by atoms with Gasteiger partial charge in [-0.1, -0.05) is 6.07 Å². The van der Waals surface area contributed by atoms with Gasteiger partial charge < -0.3 is 0 Å². The lowest BCUT2D eigenvalue weighted by Gasteiger charge is -1.94. The van der Waals surface area contributed by atoms with Crippen LogP contribution in [0, 0.1) is 3.70 Å². The van der Waals surface area contributed by atoms with Gasteiger partial charge in [0.05, 0.1) is 11.7 Å². The molecule has 2 rings (SSSR count). The number of hydrogen-bond acceptors (Lipinski definition) is 2. The molecule has 11 heavy (non-hydrogen) atoms. The molecule has 0 aliphatic heterocycles. The van der Waals surface area contributed by atoms with Crippen molar-refractivity contribution in [1.29, 1.82) is 0 Å².